The minimum atomic E-state index is -3.17. The molecule has 1 amide bonds. The van der Waals surface area contributed by atoms with Crippen LogP contribution in [-0.2, 0) is 27.8 Å². The monoisotopic (exact) mass is 378 g/mol. The third kappa shape index (κ3) is 3.78. The highest BCUT2D eigenvalue weighted by molar-refractivity contribution is 7.88. The van der Waals surface area contributed by atoms with Gasteiger partial charge in [0.2, 0.25) is 15.9 Å². The summed E-state index contributed by atoms with van der Waals surface area (Å²) in [5, 5.41) is 1.05. The average molecular weight is 378 g/mol. The molecule has 0 atom stereocenters. The van der Waals surface area contributed by atoms with Crippen LogP contribution in [0.3, 0.4) is 0 Å². The number of fused-ring (bicyclic) bond motifs is 1. The molecule has 1 aliphatic rings. The number of nitrogens with zero attached hydrogens (tertiary/aromatic N) is 2. The van der Waals surface area contributed by atoms with Gasteiger partial charge >= 0.3 is 0 Å². The van der Waals surface area contributed by atoms with Gasteiger partial charge in [-0.1, -0.05) is 25.1 Å². The van der Waals surface area contributed by atoms with E-state index in [-0.39, 0.29) is 11.8 Å². The molecule has 2 heterocycles. The molecule has 26 heavy (non-hydrogen) atoms. The third-order valence-corrected chi connectivity index (χ3v) is 6.45. The van der Waals surface area contributed by atoms with E-state index < -0.39 is 10.0 Å². The fourth-order valence-corrected chi connectivity index (χ4v) is 4.54. The van der Waals surface area contributed by atoms with Gasteiger partial charge in [-0.05, 0) is 18.9 Å². The van der Waals surface area contributed by atoms with E-state index in [1.54, 1.807) is 4.90 Å². The van der Waals surface area contributed by atoms with E-state index in [0.29, 0.717) is 32.5 Å². The molecule has 1 fully saturated rings. The lowest BCUT2D eigenvalue weighted by Crippen LogP contribution is -2.43. The zero-order valence-corrected chi connectivity index (χ0v) is 16.4. The molecule has 0 bridgehead atoms. The molecule has 1 saturated heterocycles. The summed E-state index contributed by atoms with van der Waals surface area (Å²) in [6.07, 6.45) is 3.14. The predicted molar refractivity (Wildman–Crippen MR) is 101 cm³/mol. The number of aryl methyl sites for hydroxylation is 1. The van der Waals surface area contributed by atoms with Crippen molar-refractivity contribution in [2.75, 3.05) is 26.4 Å². The van der Waals surface area contributed by atoms with Crippen LogP contribution in [0.4, 0.5) is 0 Å². The zero-order valence-electron chi connectivity index (χ0n) is 15.6. The Morgan fingerprint density at radius 2 is 1.92 bits per heavy atom. The van der Waals surface area contributed by atoms with E-state index >= 15 is 0 Å². The Balaban J connectivity index is 1.71. The summed E-state index contributed by atoms with van der Waals surface area (Å²) in [6, 6.07) is 7.89. The second-order valence-electron chi connectivity index (χ2n) is 6.98. The number of carbonyl (C=O) groups excluding carboxylic acids is 1. The molecule has 0 N–H and O–H groups in total. The van der Waals surface area contributed by atoms with E-state index in [0.717, 1.165) is 28.7 Å². The van der Waals surface area contributed by atoms with Gasteiger partial charge in [0.05, 0.1) is 6.26 Å². The highest BCUT2D eigenvalue weighted by Gasteiger charge is 2.31. The Morgan fingerprint density at radius 3 is 2.54 bits per heavy atom. The van der Waals surface area contributed by atoms with E-state index in [4.69, 9.17) is 4.42 Å². The van der Waals surface area contributed by atoms with Crippen LogP contribution in [0.1, 0.15) is 31.1 Å². The van der Waals surface area contributed by atoms with Crippen molar-refractivity contribution < 1.29 is 17.6 Å². The smallest absolute Gasteiger partial charge is 0.225 e. The molecule has 0 aliphatic carbocycles. The van der Waals surface area contributed by atoms with E-state index in [2.05, 4.69) is 0 Å². The van der Waals surface area contributed by atoms with Crippen molar-refractivity contribution in [2.45, 2.75) is 32.7 Å². The Kier molecular flexibility index (Phi) is 5.39. The van der Waals surface area contributed by atoms with Crippen LogP contribution in [0.25, 0.3) is 11.0 Å². The highest BCUT2D eigenvalue weighted by Crippen LogP contribution is 2.28. The predicted octanol–water partition coefficient (Wildman–Crippen LogP) is 2.63. The number of piperidine rings is 1. The molecule has 1 aliphatic heterocycles. The van der Waals surface area contributed by atoms with Crippen LogP contribution >= 0.6 is 0 Å². The summed E-state index contributed by atoms with van der Waals surface area (Å²) in [6.45, 7) is 3.38. The SMILES string of the molecule is CCc1oc2ccccc2c1CN(C)C(=O)C1CCN(S(C)(=O)=O)CC1. The fourth-order valence-electron chi connectivity index (χ4n) is 3.67. The lowest BCUT2D eigenvalue weighted by Gasteiger charge is -2.31. The molecule has 3 rings (SSSR count). The molecule has 0 unspecified atom stereocenters. The first-order valence-electron chi connectivity index (χ1n) is 9.00. The summed E-state index contributed by atoms with van der Waals surface area (Å²) in [7, 11) is -1.36. The van der Waals surface area contributed by atoms with Crippen LogP contribution in [0.5, 0.6) is 0 Å². The molecule has 142 valence electrons. The maximum Gasteiger partial charge on any atom is 0.225 e. The molecule has 6 nitrogen and oxygen atoms in total. The summed E-state index contributed by atoms with van der Waals surface area (Å²) in [4.78, 5) is 14.6. The van der Waals surface area contributed by atoms with Crippen LogP contribution in [0.2, 0.25) is 0 Å². The number of para-hydroxylation sites is 1. The number of rotatable bonds is 5. The Labute approximate surface area is 154 Å². The van der Waals surface area contributed by atoms with Gasteiger partial charge < -0.3 is 9.32 Å². The second kappa shape index (κ2) is 7.40. The number of sulfonamides is 1. The first kappa shape index (κ1) is 18.9. The van der Waals surface area contributed by atoms with Crippen molar-refractivity contribution in [2.24, 2.45) is 5.92 Å². The van der Waals surface area contributed by atoms with Crippen molar-refractivity contribution >= 4 is 26.9 Å². The summed E-state index contributed by atoms with van der Waals surface area (Å²) in [5.74, 6) is 0.865. The highest BCUT2D eigenvalue weighted by atomic mass is 32.2. The number of hydrogen-bond donors (Lipinski definition) is 0. The van der Waals surface area contributed by atoms with Crippen molar-refractivity contribution in [1.29, 1.82) is 0 Å². The van der Waals surface area contributed by atoms with Gasteiger partial charge in [0, 0.05) is 50.0 Å². The largest absolute Gasteiger partial charge is 0.461 e. The molecule has 0 spiro atoms. The van der Waals surface area contributed by atoms with E-state index in [1.165, 1.54) is 10.6 Å². The molecule has 0 saturated carbocycles. The quantitative estimate of drug-likeness (QED) is 0.802. The minimum Gasteiger partial charge on any atom is -0.461 e. The van der Waals surface area contributed by atoms with Gasteiger partial charge in [-0.2, -0.15) is 0 Å². The second-order valence-corrected chi connectivity index (χ2v) is 8.97. The van der Waals surface area contributed by atoms with E-state index in [9.17, 15) is 13.2 Å². The van der Waals surface area contributed by atoms with E-state index in [1.807, 2.05) is 38.2 Å². The number of amides is 1. The summed E-state index contributed by atoms with van der Waals surface area (Å²) in [5.41, 5.74) is 1.91. The number of carbonyl (C=O) groups is 1. The normalized spacial score (nSPS) is 16.9. The topological polar surface area (TPSA) is 70.8 Å². The minimum absolute atomic E-state index is 0.0745. The first-order chi connectivity index (χ1) is 12.3. The third-order valence-electron chi connectivity index (χ3n) is 5.15. The maximum atomic E-state index is 12.8. The van der Waals surface area contributed by atoms with Gasteiger partial charge in [0.1, 0.15) is 11.3 Å². The van der Waals surface area contributed by atoms with Crippen molar-refractivity contribution in [1.82, 2.24) is 9.21 Å². The van der Waals surface area contributed by atoms with Crippen molar-refractivity contribution in [3.8, 4) is 0 Å². The number of furan rings is 1. The molecule has 7 heteroatoms. The average Bonchev–Trinajstić information content (AvgIpc) is 2.98. The van der Waals surface area contributed by atoms with Crippen LogP contribution in [0, 0.1) is 5.92 Å². The molecule has 1 aromatic carbocycles. The van der Waals surface area contributed by atoms with Crippen LogP contribution < -0.4 is 0 Å². The number of hydrogen-bond acceptors (Lipinski definition) is 4. The molecular formula is C19H26N2O4S. The van der Waals surface area contributed by atoms with Crippen molar-refractivity contribution in [3.05, 3.63) is 35.6 Å². The lowest BCUT2D eigenvalue weighted by atomic mass is 9.96. The fraction of sp³-hybridized carbons (Fsp3) is 0.526. The first-order valence-corrected chi connectivity index (χ1v) is 10.9. The van der Waals surface area contributed by atoms with Gasteiger partial charge in [-0.25, -0.2) is 12.7 Å². The van der Waals surface area contributed by atoms with Gasteiger partial charge in [0.15, 0.2) is 0 Å². The zero-order chi connectivity index (χ0) is 18.9. The molecule has 1 aromatic heterocycles. The van der Waals surface area contributed by atoms with Crippen LogP contribution in [0.15, 0.2) is 28.7 Å². The summed E-state index contributed by atoms with van der Waals surface area (Å²) < 4.78 is 30.6. The Morgan fingerprint density at radius 1 is 1.27 bits per heavy atom. The molecular weight excluding hydrogens is 352 g/mol. The lowest BCUT2D eigenvalue weighted by molar-refractivity contribution is -0.135. The number of benzene rings is 1. The van der Waals surface area contributed by atoms with Crippen LogP contribution in [-0.4, -0.2) is 49.9 Å². The molecule has 2 aromatic rings. The summed E-state index contributed by atoms with van der Waals surface area (Å²) >= 11 is 0. The van der Waals surface area contributed by atoms with Gasteiger partial charge in [-0.15, -0.1) is 0 Å². The Bertz CT molecular complexity index is 895. The standard InChI is InChI=1S/C19H26N2O4S/c1-4-17-16(15-7-5-6-8-18(15)25-17)13-20(2)19(22)14-9-11-21(12-10-14)26(3,23)24/h5-8,14H,4,9-13H2,1-3H3. The van der Waals surface area contributed by atoms with Gasteiger partial charge in [-0.3, -0.25) is 4.79 Å². The van der Waals surface area contributed by atoms with Crippen molar-refractivity contribution in [3.63, 3.8) is 0 Å². The maximum absolute atomic E-state index is 12.8. The molecule has 0 radical (unpaired) electrons. The Hall–Kier alpha value is -1.86. The van der Waals surface area contributed by atoms with Gasteiger partial charge in [0.25, 0.3) is 0 Å².